The lowest BCUT2D eigenvalue weighted by Crippen LogP contribution is -2.38. The van der Waals surface area contributed by atoms with Gasteiger partial charge in [-0.05, 0) is 25.2 Å². The molecule has 6 heteroatoms. The van der Waals surface area contributed by atoms with Crippen LogP contribution in [0.15, 0.2) is 4.52 Å². The van der Waals surface area contributed by atoms with Gasteiger partial charge in [-0.15, -0.1) is 0 Å². The zero-order valence-electron chi connectivity index (χ0n) is 9.85. The van der Waals surface area contributed by atoms with Gasteiger partial charge in [0.25, 0.3) is 0 Å². The smallest absolute Gasteiger partial charge is 0.320 e. The van der Waals surface area contributed by atoms with Crippen molar-refractivity contribution in [2.45, 2.75) is 45.2 Å². The molecular weight excluding hydrogens is 222 g/mol. The number of nitrogens with zero attached hydrogens (tertiary/aromatic N) is 2. The van der Waals surface area contributed by atoms with Crippen molar-refractivity contribution >= 4 is 5.97 Å². The van der Waals surface area contributed by atoms with Crippen LogP contribution >= 0.6 is 0 Å². The van der Waals surface area contributed by atoms with E-state index in [4.69, 9.17) is 9.63 Å². The predicted molar refractivity (Wildman–Crippen MR) is 59.3 cm³/mol. The molecule has 1 heterocycles. The highest BCUT2D eigenvalue weighted by Crippen LogP contribution is 2.32. The zero-order chi connectivity index (χ0) is 12.3. The van der Waals surface area contributed by atoms with Crippen LogP contribution in [-0.4, -0.2) is 27.3 Å². The minimum Gasteiger partial charge on any atom is -0.480 e. The molecule has 0 aromatic carbocycles. The number of aliphatic carboxylic acids is 1. The summed E-state index contributed by atoms with van der Waals surface area (Å²) in [6, 6.07) is -0.483. The lowest BCUT2D eigenvalue weighted by atomic mass is 10.2. The third-order valence-electron chi connectivity index (χ3n) is 2.81. The van der Waals surface area contributed by atoms with Crippen LogP contribution in [0, 0.1) is 5.92 Å². The average Bonchev–Trinajstić information content (AvgIpc) is 3.01. The summed E-state index contributed by atoms with van der Waals surface area (Å²) in [5, 5.41) is 15.8. The Balaban J connectivity index is 1.85. The minimum absolute atomic E-state index is 0.259. The van der Waals surface area contributed by atoms with Crippen LogP contribution in [0.4, 0.5) is 0 Å². The van der Waals surface area contributed by atoms with E-state index in [1.165, 1.54) is 0 Å². The van der Waals surface area contributed by atoms with Crippen molar-refractivity contribution < 1.29 is 14.4 Å². The largest absolute Gasteiger partial charge is 0.480 e. The molecule has 1 aliphatic rings. The van der Waals surface area contributed by atoms with E-state index in [0.717, 1.165) is 25.7 Å². The van der Waals surface area contributed by atoms with Crippen LogP contribution in [0.5, 0.6) is 0 Å². The molecule has 1 saturated carbocycles. The number of hydrogen-bond acceptors (Lipinski definition) is 5. The van der Waals surface area contributed by atoms with Gasteiger partial charge in [0.15, 0.2) is 5.82 Å². The normalized spacial score (nSPS) is 17.0. The van der Waals surface area contributed by atoms with Gasteiger partial charge < -0.3 is 9.63 Å². The Labute approximate surface area is 99.4 Å². The summed E-state index contributed by atoms with van der Waals surface area (Å²) in [4.78, 5) is 15.2. The van der Waals surface area contributed by atoms with Crippen molar-refractivity contribution in [3.63, 3.8) is 0 Å². The molecule has 1 unspecified atom stereocenters. The predicted octanol–water partition coefficient (Wildman–Crippen LogP) is 0.975. The number of aromatic nitrogens is 2. The summed E-state index contributed by atoms with van der Waals surface area (Å²) in [6.07, 6.45) is 3.68. The molecule has 0 spiro atoms. The summed E-state index contributed by atoms with van der Waals surface area (Å²) in [5.41, 5.74) is 0. The van der Waals surface area contributed by atoms with Crippen LogP contribution in [0.25, 0.3) is 0 Å². The Hall–Kier alpha value is -1.43. The number of carboxylic acid groups (broad SMARTS) is 1. The molecule has 1 aromatic rings. The van der Waals surface area contributed by atoms with Gasteiger partial charge in [-0.1, -0.05) is 12.1 Å². The van der Waals surface area contributed by atoms with Crippen molar-refractivity contribution in [1.29, 1.82) is 0 Å². The van der Waals surface area contributed by atoms with Gasteiger partial charge in [-0.3, -0.25) is 10.1 Å². The molecule has 0 bridgehead atoms. The van der Waals surface area contributed by atoms with Crippen LogP contribution in [0.2, 0.25) is 0 Å². The van der Waals surface area contributed by atoms with E-state index in [2.05, 4.69) is 15.5 Å². The maximum atomic E-state index is 11.0. The quantitative estimate of drug-likeness (QED) is 0.737. The summed E-state index contributed by atoms with van der Waals surface area (Å²) in [5.74, 6) is 0.599. The van der Waals surface area contributed by atoms with Crippen LogP contribution in [0.1, 0.15) is 37.9 Å². The molecule has 17 heavy (non-hydrogen) atoms. The highest BCUT2D eigenvalue weighted by Gasteiger charge is 2.35. The van der Waals surface area contributed by atoms with E-state index in [-0.39, 0.29) is 5.92 Å². The summed E-state index contributed by atoms with van der Waals surface area (Å²) in [7, 11) is 0. The molecule has 6 nitrogen and oxygen atoms in total. The highest BCUT2D eigenvalue weighted by molar-refractivity contribution is 5.74. The van der Waals surface area contributed by atoms with Crippen molar-refractivity contribution in [3.8, 4) is 0 Å². The van der Waals surface area contributed by atoms with Crippen molar-refractivity contribution in [2.24, 2.45) is 5.92 Å². The number of carbonyl (C=O) groups is 1. The molecule has 0 aliphatic heterocycles. The van der Waals surface area contributed by atoms with Crippen LogP contribution in [0.3, 0.4) is 0 Å². The molecule has 2 N–H and O–H groups in total. The number of carboxylic acids is 1. The SMILES string of the molecule is CCCc1nc(CNC(C(=O)O)C2CC2)no1. The standard InChI is InChI=1S/C11H17N3O3/c1-2-3-9-13-8(14-17-9)6-12-10(11(15)16)7-4-5-7/h7,10,12H,2-6H2,1H3,(H,15,16). The van der Waals surface area contributed by atoms with Gasteiger partial charge in [0.2, 0.25) is 5.89 Å². The minimum atomic E-state index is -0.801. The summed E-state index contributed by atoms with van der Waals surface area (Å²) < 4.78 is 5.03. The first-order valence-electron chi connectivity index (χ1n) is 5.98. The van der Waals surface area contributed by atoms with Crippen LogP contribution in [-0.2, 0) is 17.8 Å². The molecule has 0 amide bonds. The number of hydrogen-bond donors (Lipinski definition) is 2. The van der Waals surface area contributed by atoms with Gasteiger partial charge in [0.05, 0.1) is 6.54 Å². The number of rotatable bonds is 7. The maximum Gasteiger partial charge on any atom is 0.320 e. The molecule has 94 valence electrons. The fourth-order valence-corrected chi connectivity index (χ4v) is 1.76. The van der Waals surface area contributed by atoms with Gasteiger partial charge in [0, 0.05) is 6.42 Å². The first kappa shape index (κ1) is 12.0. The Morgan fingerprint density at radius 1 is 1.65 bits per heavy atom. The Bertz CT molecular complexity index is 387. The van der Waals surface area contributed by atoms with Crippen molar-refractivity contribution in [2.75, 3.05) is 0 Å². The van der Waals surface area contributed by atoms with Gasteiger partial charge in [-0.2, -0.15) is 4.98 Å². The summed E-state index contributed by atoms with van der Waals surface area (Å²) >= 11 is 0. The first-order chi connectivity index (χ1) is 8.20. The molecule has 2 rings (SSSR count). The van der Waals surface area contributed by atoms with E-state index in [1.54, 1.807) is 0 Å². The lowest BCUT2D eigenvalue weighted by molar-refractivity contribution is -0.140. The second kappa shape index (κ2) is 5.27. The van der Waals surface area contributed by atoms with Crippen molar-refractivity contribution in [1.82, 2.24) is 15.5 Å². The molecule has 1 fully saturated rings. The molecular formula is C11H17N3O3. The van der Waals surface area contributed by atoms with Gasteiger partial charge >= 0.3 is 5.97 Å². The third kappa shape index (κ3) is 3.26. The van der Waals surface area contributed by atoms with E-state index in [9.17, 15) is 4.79 Å². The van der Waals surface area contributed by atoms with E-state index >= 15 is 0 Å². The van der Waals surface area contributed by atoms with E-state index in [1.807, 2.05) is 6.92 Å². The third-order valence-corrected chi connectivity index (χ3v) is 2.81. The monoisotopic (exact) mass is 239 g/mol. The van der Waals surface area contributed by atoms with Crippen LogP contribution < -0.4 is 5.32 Å². The molecule has 1 atom stereocenters. The molecule has 1 aromatic heterocycles. The second-order valence-electron chi connectivity index (χ2n) is 4.39. The zero-order valence-corrected chi connectivity index (χ0v) is 9.85. The Kier molecular flexibility index (Phi) is 3.73. The van der Waals surface area contributed by atoms with Gasteiger partial charge in [-0.25, -0.2) is 0 Å². The average molecular weight is 239 g/mol. The van der Waals surface area contributed by atoms with Gasteiger partial charge in [0.1, 0.15) is 6.04 Å². The van der Waals surface area contributed by atoms with E-state index in [0.29, 0.717) is 18.3 Å². The fraction of sp³-hybridized carbons (Fsp3) is 0.727. The first-order valence-corrected chi connectivity index (χ1v) is 5.98. The second-order valence-corrected chi connectivity index (χ2v) is 4.39. The Morgan fingerprint density at radius 3 is 3.00 bits per heavy atom. The molecule has 0 radical (unpaired) electrons. The molecule has 0 saturated heterocycles. The highest BCUT2D eigenvalue weighted by atomic mass is 16.5. The maximum absolute atomic E-state index is 11.0. The fourth-order valence-electron chi connectivity index (χ4n) is 1.76. The topological polar surface area (TPSA) is 88.2 Å². The number of nitrogens with one attached hydrogen (secondary N) is 1. The van der Waals surface area contributed by atoms with E-state index < -0.39 is 12.0 Å². The molecule has 1 aliphatic carbocycles. The van der Waals surface area contributed by atoms with Crippen molar-refractivity contribution in [3.05, 3.63) is 11.7 Å². The number of aryl methyl sites for hydroxylation is 1. The summed E-state index contributed by atoms with van der Waals surface area (Å²) in [6.45, 7) is 2.39. The Morgan fingerprint density at radius 2 is 2.41 bits per heavy atom. The lowest BCUT2D eigenvalue weighted by Gasteiger charge is -2.11.